The van der Waals surface area contributed by atoms with Crippen LogP contribution in [-0.4, -0.2) is 59.7 Å². The molecule has 0 aliphatic carbocycles. The van der Waals surface area contributed by atoms with Crippen LogP contribution in [0.1, 0.15) is 70.3 Å². The zero-order chi connectivity index (χ0) is 22.2. The van der Waals surface area contributed by atoms with Gasteiger partial charge in [0.2, 0.25) is 17.7 Å². The maximum atomic E-state index is 13.1. The van der Waals surface area contributed by atoms with Gasteiger partial charge in [-0.15, -0.1) is 0 Å². The van der Waals surface area contributed by atoms with Gasteiger partial charge in [0, 0.05) is 38.6 Å². The van der Waals surface area contributed by atoms with E-state index in [2.05, 4.69) is 12.2 Å². The van der Waals surface area contributed by atoms with Crippen LogP contribution in [0.15, 0.2) is 30.3 Å². The Hall–Kier alpha value is -2.37. The number of hydrogen-bond donors (Lipinski definition) is 1. The van der Waals surface area contributed by atoms with Crippen LogP contribution in [0.4, 0.5) is 0 Å². The Labute approximate surface area is 186 Å². The van der Waals surface area contributed by atoms with E-state index in [1.54, 1.807) is 0 Å². The Kier molecular flexibility index (Phi) is 8.50. The first kappa shape index (κ1) is 23.3. The zero-order valence-corrected chi connectivity index (χ0v) is 19.0. The summed E-state index contributed by atoms with van der Waals surface area (Å²) in [5.41, 5.74) is 1.07. The molecule has 0 radical (unpaired) electrons. The van der Waals surface area contributed by atoms with E-state index in [0.717, 1.165) is 50.6 Å². The topological polar surface area (TPSA) is 69.7 Å². The summed E-state index contributed by atoms with van der Waals surface area (Å²) < 4.78 is 0. The summed E-state index contributed by atoms with van der Waals surface area (Å²) in [6.45, 7) is 6.73. The quantitative estimate of drug-likeness (QED) is 0.726. The molecule has 1 N–H and O–H groups in total. The fourth-order valence-electron chi connectivity index (χ4n) is 4.81. The normalized spacial score (nSPS) is 20.9. The number of benzene rings is 1. The molecule has 2 unspecified atom stereocenters. The van der Waals surface area contributed by atoms with Crippen LogP contribution in [0.5, 0.6) is 0 Å². The maximum Gasteiger partial charge on any atom is 0.230 e. The van der Waals surface area contributed by atoms with Gasteiger partial charge in [0.25, 0.3) is 0 Å². The van der Waals surface area contributed by atoms with Gasteiger partial charge in [0.15, 0.2) is 0 Å². The molecule has 1 aromatic carbocycles. The lowest BCUT2D eigenvalue weighted by atomic mass is 9.93. The summed E-state index contributed by atoms with van der Waals surface area (Å²) >= 11 is 0. The van der Waals surface area contributed by atoms with Crippen molar-refractivity contribution in [2.45, 2.75) is 70.8 Å². The Morgan fingerprint density at radius 2 is 1.71 bits per heavy atom. The highest BCUT2D eigenvalue weighted by Gasteiger charge is 2.32. The summed E-state index contributed by atoms with van der Waals surface area (Å²) in [6, 6.07) is 10.1. The van der Waals surface area contributed by atoms with Crippen molar-refractivity contribution in [3.8, 4) is 0 Å². The van der Waals surface area contributed by atoms with Gasteiger partial charge in [-0.3, -0.25) is 14.4 Å². The molecule has 3 amide bonds. The van der Waals surface area contributed by atoms with Gasteiger partial charge in [0.1, 0.15) is 0 Å². The van der Waals surface area contributed by atoms with E-state index in [4.69, 9.17) is 0 Å². The van der Waals surface area contributed by atoms with Crippen LogP contribution < -0.4 is 5.32 Å². The fourth-order valence-corrected chi connectivity index (χ4v) is 4.81. The molecule has 31 heavy (non-hydrogen) atoms. The minimum absolute atomic E-state index is 0.0643. The first-order valence-corrected chi connectivity index (χ1v) is 11.9. The van der Waals surface area contributed by atoms with Crippen LogP contribution >= 0.6 is 0 Å². The number of likely N-dealkylation sites (tertiary alicyclic amines) is 2. The standard InChI is InChI=1S/C25H37N3O3/c1-3-9-23(29)28-15-8-12-20(18-28)24(30)26-21-13-16-27(17-14-21)25(31)22(4-2)19-10-6-5-7-11-19/h5-7,10-11,20-22H,3-4,8-9,12-18H2,1-2H3,(H,26,30). The Balaban J connectivity index is 1.48. The van der Waals surface area contributed by atoms with Crippen molar-refractivity contribution in [1.29, 1.82) is 0 Å². The van der Waals surface area contributed by atoms with Gasteiger partial charge in [-0.05, 0) is 44.1 Å². The zero-order valence-electron chi connectivity index (χ0n) is 19.0. The summed E-state index contributed by atoms with van der Waals surface area (Å²) in [5.74, 6) is 0.207. The summed E-state index contributed by atoms with van der Waals surface area (Å²) in [4.78, 5) is 41.9. The first-order valence-electron chi connectivity index (χ1n) is 11.9. The maximum absolute atomic E-state index is 13.1. The highest BCUT2D eigenvalue weighted by atomic mass is 16.2. The molecule has 170 valence electrons. The van der Waals surface area contributed by atoms with Gasteiger partial charge in [-0.1, -0.05) is 44.2 Å². The van der Waals surface area contributed by atoms with Crippen molar-refractivity contribution < 1.29 is 14.4 Å². The second kappa shape index (κ2) is 11.3. The fraction of sp³-hybridized carbons (Fsp3) is 0.640. The predicted octanol–water partition coefficient (Wildman–Crippen LogP) is 3.33. The summed E-state index contributed by atoms with van der Waals surface area (Å²) in [7, 11) is 0. The van der Waals surface area contributed by atoms with Crippen LogP contribution in [0.25, 0.3) is 0 Å². The van der Waals surface area contributed by atoms with Crippen LogP contribution in [-0.2, 0) is 14.4 Å². The molecule has 2 atom stereocenters. The van der Waals surface area contributed by atoms with Crippen LogP contribution in [0.2, 0.25) is 0 Å². The predicted molar refractivity (Wildman–Crippen MR) is 121 cm³/mol. The third kappa shape index (κ3) is 6.08. The van der Waals surface area contributed by atoms with E-state index in [9.17, 15) is 14.4 Å². The van der Waals surface area contributed by atoms with Gasteiger partial charge in [-0.2, -0.15) is 0 Å². The molecule has 6 heteroatoms. The molecule has 2 fully saturated rings. The van der Waals surface area contributed by atoms with E-state index < -0.39 is 0 Å². The lowest BCUT2D eigenvalue weighted by Gasteiger charge is -2.36. The molecule has 0 saturated carbocycles. The number of nitrogens with zero attached hydrogens (tertiary/aromatic N) is 2. The Morgan fingerprint density at radius 3 is 2.35 bits per heavy atom. The largest absolute Gasteiger partial charge is 0.353 e. The van der Waals surface area contributed by atoms with Crippen molar-refractivity contribution in [1.82, 2.24) is 15.1 Å². The average Bonchev–Trinajstić information content (AvgIpc) is 2.81. The molecular formula is C25H37N3O3. The van der Waals surface area contributed by atoms with Crippen LogP contribution in [0, 0.1) is 5.92 Å². The van der Waals surface area contributed by atoms with Crippen molar-refractivity contribution in [3.63, 3.8) is 0 Å². The molecular weight excluding hydrogens is 390 g/mol. The molecule has 0 bridgehead atoms. The minimum atomic E-state index is -0.114. The van der Waals surface area contributed by atoms with Crippen molar-refractivity contribution in [2.24, 2.45) is 5.92 Å². The first-order chi connectivity index (χ1) is 15.0. The van der Waals surface area contributed by atoms with Crippen molar-refractivity contribution >= 4 is 17.7 Å². The molecule has 2 aliphatic heterocycles. The summed E-state index contributed by atoms with van der Waals surface area (Å²) in [5, 5.41) is 3.20. The monoisotopic (exact) mass is 427 g/mol. The van der Waals surface area contributed by atoms with Gasteiger partial charge < -0.3 is 15.1 Å². The lowest BCUT2D eigenvalue weighted by Crippen LogP contribution is -2.51. The highest BCUT2D eigenvalue weighted by Crippen LogP contribution is 2.24. The molecule has 2 saturated heterocycles. The van der Waals surface area contributed by atoms with E-state index >= 15 is 0 Å². The molecule has 0 aromatic heterocycles. The number of rotatable bonds is 7. The minimum Gasteiger partial charge on any atom is -0.353 e. The second-order valence-corrected chi connectivity index (χ2v) is 8.91. The number of carbonyl (C=O) groups is 3. The molecule has 3 rings (SSSR count). The third-order valence-electron chi connectivity index (χ3n) is 6.67. The van der Waals surface area contributed by atoms with E-state index in [-0.39, 0.29) is 35.6 Å². The number of nitrogens with one attached hydrogen (secondary N) is 1. The van der Waals surface area contributed by atoms with Gasteiger partial charge in [0.05, 0.1) is 11.8 Å². The second-order valence-electron chi connectivity index (χ2n) is 8.91. The summed E-state index contributed by atoms with van der Waals surface area (Å²) in [6.07, 6.45) is 5.48. The van der Waals surface area contributed by atoms with E-state index in [0.29, 0.717) is 26.1 Å². The number of amides is 3. The smallest absolute Gasteiger partial charge is 0.230 e. The van der Waals surface area contributed by atoms with Gasteiger partial charge in [-0.25, -0.2) is 0 Å². The SMILES string of the molecule is CCCC(=O)N1CCCC(C(=O)NC2CCN(C(=O)C(CC)c3ccccc3)CC2)C1. The number of carbonyl (C=O) groups excluding carboxylic acids is 3. The average molecular weight is 428 g/mol. The van der Waals surface area contributed by atoms with E-state index in [1.165, 1.54) is 0 Å². The molecule has 1 aromatic rings. The van der Waals surface area contributed by atoms with Crippen molar-refractivity contribution in [2.75, 3.05) is 26.2 Å². The third-order valence-corrected chi connectivity index (χ3v) is 6.67. The Bertz CT molecular complexity index is 744. The Morgan fingerprint density at radius 1 is 1.00 bits per heavy atom. The molecule has 2 heterocycles. The van der Waals surface area contributed by atoms with Crippen LogP contribution in [0.3, 0.4) is 0 Å². The van der Waals surface area contributed by atoms with E-state index in [1.807, 2.05) is 47.1 Å². The molecule has 2 aliphatic rings. The van der Waals surface area contributed by atoms with Crippen molar-refractivity contribution in [3.05, 3.63) is 35.9 Å². The number of piperidine rings is 2. The number of hydrogen-bond acceptors (Lipinski definition) is 3. The molecule has 0 spiro atoms. The molecule has 6 nitrogen and oxygen atoms in total. The van der Waals surface area contributed by atoms with Gasteiger partial charge >= 0.3 is 0 Å². The highest BCUT2D eigenvalue weighted by molar-refractivity contribution is 5.84. The lowest BCUT2D eigenvalue weighted by molar-refractivity contribution is -0.136.